The summed E-state index contributed by atoms with van der Waals surface area (Å²) in [5, 5.41) is 13.3. The van der Waals surface area contributed by atoms with Crippen molar-refractivity contribution in [2.24, 2.45) is 5.41 Å². The maximum absolute atomic E-state index is 9.61. The van der Waals surface area contributed by atoms with Crippen molar-refractivity contribution < 1.29 is 5.11 Å². The Morgan fingerprint density at radius 3 is 2.89 bits per heavy atom. The summed E-state index contributed by atoms with van der Waals surface area (Å²) in [4.78, 5) is 8.72. The molecule has 106 valence electrons. The molecular formula is C15H25N3O. The van der Waals surface area contributed by atoms with E-state index in [1.165, 1.54) is 6.42 Å². The first-order valence-corrected chi connectivity index (χ1v) is 7.13. The highest BCUT2D eigenvalue weighted by Crippen LogP contribution is 2.38. The van der Waals surface area contributed by atoms with Gasteiger partial charge in [-0.15, -0.1) is 0 Å². The fraction of sp³-hybridized carbons (Fsp3) is 0.733. The number of rotatable bonds is 4. The van der Waals surface area contributed by atoms with Crippen molar-refractivity contribution in [2.75, 3.05) is 6.61 Å². The summed E-state index contributed by atoms with van der Waals surface area (Å²) < 4.78 is 0. The molecule has 4 heteroatoms. The second-order valence-corrected chi connectivity index (χ2v) is 6.10. The normalized spacial score (nSPS) is 28.6. The summed E-state index contributed by atoms with van der Waals surface area (Å²) in [6.07, 6.45) is 5.33. The number of nitrogens with one attached hydrogen (secondary N) is 1. The molecule has 1 saturated carbocycles. The summed E-state index contributed by atoms with van der Waals surface area (Å²) >= 11 is 0. The Balaban J connectivity index is 2.10. The Labute approximate surface area is 115 Å². The van der Waals surface area contributed by atoms with Crippen LogP contribution in [-0.4, -0.2) is 27.7 Å². The minimum absolute atomic E-state index is 0.00766. The third-order valence-corrected chi connectivity index (χ3v) is 4.50. The van der Waals surface area contributed by atoms with Gasteiger partial charge in [-0.3, -0.25) is 0 Å². The van der Waals surface area contributed by atoms with Crippen molar-refractivity contribution in [3.63, 3.8) is 0 Å². The van der Waals surface area contributed by atoms with E-state index in [2.05, 4.69) is 29.1 Å². The largest absolute Gasteiger partial charge is 0.396 e. The summed E-state index contributed by atoms with van der Waals surface area (Å²) in [5.74, 6) is 0.814. The molecule has 3 unspecified atom stereocenters. The maximum Gasteiger partial charge on any atom is 0.125 e. The molecule has 1 aromatic heterocycles. The average Bonchev–Trinajstić information content (AvgIpc) is 2.71. The highest BCUT2D eigenvalue weighted by atomic mass is 16.3. The van der Waals surface area contributed by atoms with E-state index in [-0.39, 0.29) is 18.1 Å². The van der Waals surface area contributed by atoms with Crippen molar-refractivity contribution in [3.05, 3.63) is 23.3 Å². The molecule has 0 radical (unpaired) electrons. The second-order valence-electron chi connectivity index (χ2n) is 6.10. The number of aryl methyl sites for hydroxylation is 2. The van der Waals surface area contributed by atoms with E-state index in [4.69, 9.17) is 0 Å². The van der Waals surface area contributed by atoms with Crippen molar-refractivity contribution in [1.29, 1.82) is 0 Å². The predicted octanol–water partition coefficient (Wildman–Crippen LogP) is 2.30. The van der Waals surface area contributed by atoms with Gasteiger partial charge in [0.1, 0.15) is 5.82 Å². The zero-order valence-corrected chi connectivity index (χ0v) is 12.4. The van der Waals surface area contributed by atoms with E-state index in [9.17, 15) is 5.11 Å². The Morgan fingerprint density at radius 2 is 2.26 bits per heavy atom. The molecule has 1 heterocycles. The van der Waals surface area contributed by atoms with Crippen LogP contribution in [0, 0.1) is 19.3 Å². The van der Waals surface area contributed by atoms with E-state index in [1.807, 2.05) is 20.0 Å². The minimum atomic E-state index is 0.00766. The van der Waals surface area contributed by atoms with Gasteiger partial charge in [-0.1, -0.05) is 13.3 Å². The van der Waals surface area contributed by atoms with Gasteiger partial charge in [0, 0.05) is 41.6 Å². The van der Waals surface area contributed by atoms with Crippen LogP contribution in [0.15, 0.2) is 6.20 Å². The van der Waals surface area contributed by atoms with Crippen LogP contribution in [0.5, 0.6) is 0 Å². The number of aromatic nitrogens is 2. The topological polar surface area (TPSA) is 58.0 Å². The average molecular weight is 263 g/mol. The maximum atomic E-state index is 9.61. The number of hydrogen-bond donors (Lipinski definition) is 2. The number of aliphatic hydroxyl groups is 1. The third kappa shape index (κ3) is 2.95. The molecule has 1 fully saturated rings. The SMILES string of the molecule is Cc1ncc(C(C)NC2CCCC2(C)CO)c(C)n1. The predicted molar refractivity (Wildman–Crippen MR) is 75.9 cm³/mol. The van der Waals surface area contributed by atoms with Gasteiger partial charge >= 0.3 is 0 Å². The summed E-state index contributed by atoms with van der Waals surface area (Å²) in [7, 11) is 0. The lowest BCUT2D eigenvalue weighted by Gasteiger charge is -2.33. The smallest absolute Gasteiger partial charge is 0.125 e. The zero-order chi connectivity index (χ0) is 14.0. The zero-order valence-electron chi connectivity index (χ0n) is 12.4. The number of hydrogen-bond acceptors (Lipinski definition) is 4. The standard InChI is InChI=1S/C15H25N3O/c1-10-13(8-16-12(3)17-10)11(2)18-14-6-5-7-15(14,4)9-19/h8,11,14,18-19H,5-7,9H2,1-4H3. The highest BCUT2D eigenvalue weighted by molar-refractivity contribution is 5.20. The molecule has 0 spiro atoms. The van der Waals surface area contributed by atoms with Crippen molar-refractivity contribution >= 4 is 0 Å². The molecule has 19 heavy (non-hydrogen) atoms. The lowest BCUT2D eigenvalue weighted by Crippen LogP contribution is -2.43. The molecule has 1 aliphatic rings. The van der Waals surface area contributed by atoms with E-state index in [0.29, 0.717) is 6.04 Å². The first-order valence-electron chi connectivity index (χ1n) is 7.13. The van der Waals surface area contributed by atoms with E-state index in [1.54, 1.807) is 0 Å². The molecule has 0 aromatic carbocycles. The van der Waals surface area contributed by atoms with Crippen LogP contribution < -0.4 is 5.32 Å². The monoisotopic (exact) mass is 263 g/mol. The van der Waals surface area contributed by atoms with Crippen LogP contribution in [0.2, 0.25) is 0 Å². The van der Waals surface area contributed by atoms with Crippen LogP contribution in [0.1, 0.15) is 56.2 Å². The Morgan fingerprint density at radius 1 is 1.53 bits per heavy atom. The van der Waals surface area contributed by atoms with Gasteiger partial charge in [0.05, 0.1) is 0 Å². The number of aliphatic hydroxyl groups excluding tert-OH is 1. The summed E-state index contributed by atoms with van der Waals surface area (Å²) in [6.45, 7) is 8.51. The summed E-state index contributed by atoms with van der Waals surface area (Å²) in [6, 6.07) is 0.586. The van der Waals surface area contributed by atoms with Gasteiger partial charge in [0.2, 0.25) is 0 Å². The molecule has 0 saturated heterocycles. The molecule has 2 rings (SSSR count). The van der Waals surface area contributed by atoms with E-state index < -0.39 is 0 Å². The minimum Gasteiger partial charge on any atom is -0.396 e. The quantitative estimate of drug-likeness (QED) is 0.875. The molecule has 4 nitrogen and oxygen atoms in total. The van der Waals surface area contributed by atoms with E-state index in [0.717, 1.165) is 29.9 Å². The van der Waals surface area contributed by atoms with Gasteiger partial charge in [-0.2, -0.15) is 0 Å². The Bertz CT molecular complexity index is 449. The van der Waals surface area contributed by atoms with Gasteiger partial charge in [-0.25, -0.2) is 9.97 Å². The van der Waals surface area contributed by atoms with Gasteiger partial charge in [-0.05, 0) is 33.6 Å². The lowest BCUT2D eigenvalue weighted by molar-refractivity contribution is 0.114. The van der Waals surface area contributed by atoms with Crippen LogP contribution in [-0.2, 0) is 0 Å². The first kappa shape index (κ1) is 14.4. The molecule has 0 amide bonds. The van der Waals surface area contributed by atoms with Crippen LogP contribution >= 0.6 is 0 Å². The van der Waals surface area contributed by atoms with Crippen molar-refractivity contribution in [3.8, 4) is 0 Å². The molecule has 0 aliphatic heterocycles. The van der Waals surface area contributed by atoms with Crippen molar-refractivity contribution in [2.45, 2.75) is 59.0 Å². The Kier molecular flexibility index (Phi) is 4.21. The van der Waals surface area contributed by atoms with Gasteiger partial charge in [0.15, 0.2) is 0 Å². The molecule has 2 N–H and O–H groups in total. The van der Waals surface area contributed by atoms with E-state index >= 15 is 0 Å². The van der Waals surface area contributed by atoms with Crippen LogP contribution in [0.4, 0.5) is 0 Å². The number of nitrogens with zero attached hydrogens (tertiary/aromatic N) is 2. The highest BCUT2D eigenvalue weighted by Gasteiger charge is 2.38. The summed E-state index contributed by atoms with van der Waals surface area (Å²) in [5.41, 5.74) is 2.20. The third-order valence-electron chi connectivity index (χ3n) is 4.50. The first-order chi connectivity index (χ1) is 8.96. The van der Waals surface area contributed by atoms with Crippen LogP contribution in [0.3, 0.4) is 0 Å². The van der Waals surface area contributed by atoms with Crippen molar-refractivity contribution in [1.82, 2.24) is 15.3 Å². The fourth-order valence-electron chi connectivity index (χ4n) is 3.12. The second kappa shape index (κ2) is 5.55. The molecule has 1 aromatic rings. The van der Waals surface area contributed by atoms with Gasteiger partial charge < -0.3 is 10.4 Å². The Hall–Kier alpha value is -1.00. The van der Waals surface area contributed by atoms with Gasteiger partial charge in [0.25, 0.3) is 0 Å². The lowest BCUT2D eigenvalue weighted by atomic mass is 9.85. The fourth-order valence-corrected chi connectivity index (χ4v) is 3.12. The molecular weight excluding hydrogens is 238 g/mol. The molecule has 3 atom stereocenters. The molecule has 1 aliphatic carbocycles. The molecule has 0 bridgehead atoms. The van der Waals surface area contributed by atoms with Crippen LogP contribution in [0.25, 0.3) is 0 Å².